The Balaban J connectivity index is 1.43. The number of sulfonamides is 1. The molecule has 0 heterocycles. The molecule has 2 unspecified atom stereocenters. The molecule has 1 saturated carbocycles. The van der Waals surface area contributed by atoms with E-state index in [9.17, 15) is 8.42 Å². The highest BCUT2D eigenvalue weighted by atomic mass is 32.2. The second-order valence-electron chi connectivity index (χ2n) is 9.21. The molecule has 3 atom stereocenters. The normalized spacial score (nSPS) is 20.7. The first kappa shape index (κ1) is 23.0. The van der Waals surface area contributed by atoms with E-state index in [1.165, 1.54) is 53.8 Å². The molecule has 5 heteroatoms. The van der Waals surface area contributed by atoms with Crippen LogP contribution in [0.1, 0.15) is 67.7 Å². The number of benzene rings is 3. The average Bonchev–Trinajstić information content (AvgIpc) is 3.02. The molecule has 32 heavy (non-hydrogen) atoms. The van der Waals surface area contributed by atoms with Crippen LogP contribution in [0.15, 0.2) is 66.7 Å². The monoisotopic (exact) mass is 450 g/mol. The van der Waals surface area contributed by atoms with Gasteiger partial charge in [-0.15, -0.1) is 0 Å². The van der Waals surface area contributed by atoms with Gasteiger partial charge in [0.1, 0.15) is 0 Å². The van der Waals surface area contributed by atoms with Crippen LogP contribution < -0.4 is 10.0 Å². The fourth-order valence-electron chi connectivity index (χ4n) is 5.01. The highest BCUT2D eigenvalue weighted by Gasteiger charge is 2.23. The molecule has 1 aliphatic rings. The van der Waals surface area contributed by atoms with Crippen molar-refractivity contribution >= 4 is 20.8 Å². The molecule has 0 amide bonds. The van der Waals surface area contributed by atoms with Gasteiger partial charge >= 0.3 is 0 Å². The molecule has 4 nitrogen and oxygen atoms in total. The summed E-state index contributed by atoms with van der Waals surface area (Å²) in [7, 11) is -3.17. The summed E-state index contributed by atoms with van der Waals surface area (Å²) >= 11 is 0. The molecule has 0 saturated heterocycles. The summed E-state index contributed by atoms with van der Waals surface area (Å²) in [6, 6.07) is 24.5. The molecule has 1 fully saturated rings. The van der Waals surface area contributed by atoms with E-state index in [1.54, 1.807) is 0 Å². The van der Waals surface area contributed by atoms with Crippen molar-refractivity contribution in [1.29, 1.82) is 0 Å². The van der Waals surface area contributed by atoms with Crippen LogP contribution in [0, 0.1) is 0 Å². The molecule has 0 spiro atoms. The lowest BCUT2D eigenvalue weighted by Gasteiger charge is -2.26. The minimum atomic E-state index is -3.17. The van der Waals surface area contributed by atoms with E-state index >= 15 is 0 Å². The van der Waals surface area contributed by atoms with Crippen molar-refractivity contribution < 1.29 is 8.42 Å². The Labute approximate surface area is 192 Å². The molecule has 4 rings (SSSR count). The van der Waals surface area contributed by atoms with Gasteiger partial charge in [-0.25, -0.2) is 13.1 Å². The molecule has 170 valence electrons. The lowest BCUT2D eigenvalue weighted by atomic mass is 9.89. The SMILES string of the molecule is C[C@@H](NC1CCCCC(c2ccc(CNS(C)(=O)=O)cc2)C1)c1cccc2ccccc12. The van der Waals surface area contributed by atoms with Crippen molar-refractivity contribution in [3.8, 4) is 0 Å². The number of hydrogen-bond donors (Lipinski definition) is 2. The smallest absolute Gasteiger partial charge is 0.209 e. The quantitative estimate of drug-likeness (QED) is 0.457. The molecular weight excluding hydrogens is 416 g/mol. The second-order valence-corrected chi connectivity index (χ2v) is 11.0. The minimum Gasteiger partial charge on any atom is -0.307 e. The van der Waals surface area contributed by atoms with Gasteiger partial charge in [0.25, 0.3) is 0 Å². The molecule has 3 aromatic carbocycles. The van der Waals surface area contributed by atoms with Crippen LogP contribution >= 0.6 is 0 Å². The van der Waals surface area contributed by atoms with Gasteiger partial charge in [-0.05, 0) is 59.6 Å². The highest BCUT2D eigenvalue weighted by molar-refractivity contribution is 7.88. The first-order valence-electron chi connectivity index (χ1n) is 11.7. The maximum Gasteiger partial charge on any atom is 0.209 e. The van der Waals surface area contributed by atoms with Crippen LogP contribution in [0.25, 0.3) is 10.8 Å². The topological polar surface area (TPSA) is 58.2 Å². The van der Waals surface area contributed by atoms with Crippen LogP contribution in [0.2, 0.25) is 0 Å². The summed E-state index contributed by atoms with van der Waals surface area (Å²) in [5.41, 5.74) is 3.72. The Morgan fingerprint density at radius 2 is 1.66 bits per heavy atom. The fourth-order valence-corrected chi connectivity index (χ4v) is 5.44. The first-order chi connectivity index (χ1) is 15.4. The van der Waals surface area contributed by atoms with Crippen molar-refractivity contribution in [3.63, 3.8) is 0 Å². The molecule has 0 aliphatic heterocycles. The summed E-state index contributed by atoms with van der Waals surface area (Å²) in [4.78, 5) is 0. The van der Waals surface area contributed by atoms with Crippen molar-refractivity contribution in [1.82, 2.24) is 10.0 Å². The van der Waals surface area contributed by atoms with Crippen LogP contribution in [-0.4, -0.2) is 20.7 Å². The van der Waals surface area contributed by atoms with E-state index in [1.807, 2.05) is 0 Å². The van der Waals surface area contributed by atoms with Gasteiger partial charge in [0.15, 0.2) is 0 Å². The Morgan fingerprint density at radius 3 is 2.44 bits per heavy atom. The van der Waals surface area contributed by atoms with Crippen LogP contribution in [0.5, 0.6) is 0 Å². The van der Waals surface area contributed by atoms with Crippen LogP contribution in [0.3, 0.4) is 0 Å². The standard InChI is InChI=1S/C27H34N2O2S/c1-20(26-13-7-10-23-8-4-6-12-27(23)26)29-25-11-5-3-9-24(18-25)22-16-14-21(15-17-22)19-28-32(2,30)31/h4,6-8,10,12-17,20,24-25,28-29H,3,5,9,11,18-19H2,1-2H3/t20-,24?,25?/m1/s1. The minimum absolute atomic E-state index is 0.300. The summed E-state index contributed by atoms with van der Waals surface area (Å²) in [5.74, 6) is 0.534. The predicted molar refractivity (Wildman–Crippen MR) is 133 cm³/mol. The molecule has 0 aromatic heterocycles. The molecular formula is C27H34N2O2S. The van der Waals surface area contributed by atoms with Gasteiger partial charge in [0.05, 0.1) is 6.26 Å². The van der Waals surface area contributed by atoms with E-state index < -0.39 is 10.0 Å². The van der Waals surface area contributed by atoms with Gasteiger partial charge in [0.2, 0.25) is 10.0 Å². The third-order valence-electron chi connectivity index (χ3n) is 6.69. The van der Waals surface area contributed by atoms with E-state index in [-0.39, 0.29) is 0 Å². The van der Waals surface area contributed by atoms with E-state index in [4.69, 9.17) is 0 Å². The highest BCUT2D eigenvalue weighted by Crippen LogP contribution is 2.33. The second kappa shape index (κ2) is 10.2. The summed E-state index contributed by atoms with van der Waals surface area (Å²) in [6.07, 6.45) is 7.26. The predicted octanol–water partition coefficient (Wildman–Crippen LogP) is 5.66. The van der Waals surface area contributed by atoms with Gasteiger partial charge in [-0.3, -0.25) is 0 Å². The largest absolute Gasteiger partial charge is 0.307 e. The maximum absolute atomic E-state index is 11.3. The summed E-state index contributed by atoms with van der Waals surface area (Å²) in [5, 5.41) is 6.56. The zero-order valence-electron chi connectivity index (χ0n) is 19.1. The van der Waals surface area contributed by atoms with Crippen molar-refractivity contribution in [2.75, 3.05) is 6.26 Å². The Hall–Kier alpha value is -2.21. The Bertz CT molecular complexity index is 1140. The van der Waals surface area contributed by atoms with Gasteiger partial charge in [-0.1, -0.05) is 79.6 Å². The third-order valence-corrected chi connectivity index (χ3v) is 7.36. The maximum atomic E-state index is 11.3. The number of fused-ring (bicyclic) bond motifs is 1. The molecule has 1 aliphatic carbocycles. The first-order valence-corrected chi connectivity index (χ1v) is 13.6. The molecule has 0 bridgehead atoms. The lowest BCUT2D eigenvalue weighted by molar-refractivity contribution is 0.400. The fraction of sp³-hybridized carbons (Fsp3) is 0.407. The molecule has 2 N–H and O–H groups in total. The zero-order valence-corrected chi connectivity index (χ0v) is 19.9. The summed E-state index contributed by atoms with van der Waals surface area (Å²) < 4.78 is 25.2. The van der Waals surface area contributed by atoms with E-state index in [0.717, 1.165) is 12.0 Å². The Kier molecular flexibility index (Phi) is 7.29. The van der Waals surface area contributed by atoms with Crippen molar-refractivity contribution in [2.24, 2.45) is 0 Å². The Morgan fingerprint density at radius 1 is 0.938 bits per heavy atom. The third kappa shape index (κ3) is 5.97. The number of rotatable bonds is 7. The van der Waals surface area contributed by atoms with Gasteiger partial charge in [0, 0.05) is 18.6 Å². The van der Waals surface area contributed by atoms with Crippen molar-refractivity contribution in [2.45, 2.75) is 63.6 Å². The molecule has 3 aromatic rings. The number of hydrogen-bond acceptors (Lipinski definition) is 3. The van der Waals surface area contributed by atoms with Crippen LogP contribution in [0.4, 0.5) is 0 Å². The molecule has 0 radical (unpaired) electrons. The average molecular weight is 451 g/mol. The van der Waals surface area contributed by atoms with Crippen molar-refractivity contribution in [3.05, 3.63) is 83.4 Å². The van der Waals surface area contributed by atoms with Gasteiger partial charge < -0.3 is 5.32 Å². The summed E-state index contributed by atoms with van der Waals surface area (Å²) in [6.45, 7) is 2.63. The lowest BCUT2D eigenvalue weighted by Crippen LogP contribution is -2.32. The van der Waals surface area contributed by atoms with Gasteiger partial charge in [-0.2, -0.15) is 0 Å². The number of nitrogens with one attached hydrogen (secondary N) is 2. The van der Waals surface area contributed by atoms with E-state index in [2.05, 4.69) is 83.7 Å². The van der Waals surface area contributed by atoms with Crippen LogP contribution in [-0.2, 0) is 16.6 Å². The van der Waals surface area contributed by atoms with E-state index in [0.29, 0.717) is 24.5 Å². The zero-order chi connectivity index (χ0) is 22.6.